The van der Waals surface area contributed by atoms with Gasteiger partial charge in [-0.15, -0.1) is 0 Å². The van der Waals surface area contributed by atoms with E-state index in [1.165, 1.54) is 12.1 Å². The number of amides is 1. The zero-order valence-corrected chi connectivity index (χ0v) is 20.7. The van der Waals surface area contributed by atoms with Gasteiger partial charge >= 0.3 is 5.63 Å². The maximum Gasteiger partial charge on any atom is 0.360 e. The Bertz CT molecular complexity index is 1340. The van der Waals surface area contributed by atoms with Gasteiger partial charge in [-0.05, 0) is 89.2 Å². The summed E-state index contributed by atoms with van der Waals surface area (Å²) in [7, 11) is 2.11. The maximum absolute atomic E-state index is 12.8. The molecule has 0 aliphatic carbocycles. The van der Waals surface area contributed by atoms with Crippen molar-refractivity contribution in [3.8, 4) is 11.5 Å². The van der Waals surface area contributed by atoms with E-state index in [2.05, 4.69) is 17.3 Å². The van der Waals surface area contributed by atoms with Gasteiger partial charge in [0.15, 0.2) is 0 Å². The first-order valence-electron chi connectivity index (χ1n) is 11.9. The van der Waals surface area contributed by atoms with Crippen molar-refractivity contribution in [3.05, 3.63) is 75.2 Å². The lowest BCUT2D eigenvalue weighted by Crippen LogP contribution is -2.18. The van der Waals surface area contributed by atoms with Crippen LogP contribution in [0.1, 0.15) is 41.8 Å². The van der Waals surface area contributed by atoms with Crippen LogP contribution in [0, 0.1) is 12.8 Å². The molecule has 35 heavy (non-hydrogen) atoms. The van der Waals surface area contributed by atoms with Gasteiger partial charge in [0.25, 0.3) is 5.91 Å². The summed E-state index contributed by atoms with van der Waals surface area (Å²) in [5, 5.41) is 13.5. The second kappa shape index (κ2) is 10.4. The third-order valence-corrected chi connectivity index (χ3v) is 6.38. The van der Waals surface area contributed by atoms with Gasteiger partial charge in [0.05, 0.1) is 6.61 Å². The number of fused-ring (bicyclic) bond motifs is 1. The highest BCUT2D eigenvalue weighted by Crippen LogP contribution is 2.29. The number of nitrogens with zero attached hydrogens (tertiary/aromatic N) is 1. The van der Waals surface area contributed by atoms with Crippen LogP contribution in [0.5, 0.6) is 11.5 Å². The van der Waals surface area contributed by atoms with E-state index in [4.69, 9.17) is 9.15 Å². The van der Waals surface area contributed by atoms with E-state index < -0.39 is 11.5 Å². The molecule has 1 amide bonds. The molecule has 1 aliphatic heterocycles. The lowest BCUT2D eigenvalue weighted by molar-refractivity contribution is 0.102. The number of rotatable bonds is 7. The number of anilines is 1. The molecule has 7 heteroatoms. The maximum atomic E-state index is 12.8. The average molecular weight is 477 g/mol. The number of likely N-dealkylation sites (tertiary alicyclic amines) is 1. The SMILES string of the molecule is CC(C)=CCc1cc(C(=O)Nc2cc3ccc(OCC4CCN(C)C4)c(C)c3oc2=O)ccc1O. The summed E-state index contributed by atoms with van der Waals surface area (Å²) in [6.07, 6.45) is 3.59. The third-order valence-electron chi connectivity index (χ3n) is 6.38. The van der Waals surface area contributed by atoms with E-state index in [0.717, 1.165) is 30.6 Å². The van der Waals surface area contributed by atoms with E-state index in [0.29, 0.717) is 46.8 Å². The number of aryl methyl sites for hydroxylation is 1. The van der Waals surface area contributed by atoms with Crippen LogP contribution in [0.15, 0.2) is 57.3 Å². The van der Waals surface area contributed by atoms with Crippen molar-refractivity contribution in [2.75, 3.05) is 32.1 Å². The first-order chi connectivity index (χ1) is 16.7. The van der Waals surface area contributed by atoms with Crippen molar-refractivity contribution < 1.29 is 19.1 Å². The van der Waals surface area contributed by atoms with Crippen LogP contribution >= 0.6 is 0 Å². The van der Waals surface area contributed by atoms with Gasteiger partial charge in [0, 0.05) is 29.0 Å². The third kappa shape index (κ3) is 5.74. The molecule has 1 saturated heterocycles. The van der Waals surface area contributed by atoms with Crippen molar-refractivity contribution >= 4 is 22.6 Å². The Morgan fingerprint density at radius 2 is 2.06 bits per heavy atom. The van der Waals surface area contributed by atoms with Gasteiger partial charge in [-0.3, -0.25) is 4.79 Å². The summed E-state index contributed by atoms with van der Waals surface area (Å²) >= 11 is 0. The van der Waals surface area contributed by atoms with Gasteiger partial charge in [-0.2, -0.15) is 0 Å². The second-order valence-electron chi connectivity index (χ2n) is 9.57. The minimum Gasteiger partial charge on any atom is -0.508 e. The van der Waals surface area contributed by atoms with Gasteiger partial charge in [0.2, 0.25) is 0 Å². The summed E-state index contributed by atoms with van der Waals surface area (Å²) in [5.41, 5.74) is 2.72. The molecule has 4 rings (SSSR count). The van der Waals surface area contributed by atoms with Crippen LogP contribution in [0.2, 0.25) is 0 Å². The molecule has 0 radical (unpaired) electrons. The van der Waals surface area contributed by atoms with E-state index in [1.54, 1.807) is 12.1 Å². The number of carbonyl (C=O) groups excluding carboxylic acids is 1. The monoisotopic (exact) mass is 476 g/mol. The van der Waals surface area contributed by atoms with E-state index in [1.807, 2.05) is 39.0 Å². The molecular weight excluding hydrogens is 444 g/mol. The highest BCUT2D eigenvalue weighted by molar-refractivity contribution is 6.05. The molecule has 1 unspecified atom stereocenters. The lowest BCUT2D eigenvalue weighted by Gasteiger charge is -2.15. The highest BCUT2D eigenvalue weighted by atomic mass is 16.5. The second-order valence-corrected chi connectivity index (χ2v) is 9.57. The zero-order chi connectivity index (χ0) is 25.1. The molecule has 1 aliphatic rings. The first-order valence-corrected chi connectivity index (χ1v) is 11.9. The number of nitrogens with one attached hydrogen (secondary N) is 1. The largest absolute Gasteiger partial charge is 0.508 e. The fraction of sp³-hybridized carbons (Fsp3) is 0.357. The fourth-order valence-corrected chi connectivity index (χ4v) is 4.32. The zero-order valence-electron chi connectivity index (χ0n) is 20.7. The minimum absolute atomic E-state index is 0.0588. The molecule has 3 aromatic rings. The Morgan fingerprint density at radius 3 is 2.77 bits per heavy atom. The quantitative estimate of drug-likeness (QED) is 0.372. The summed E-state index contributed by atoms with van der Waals surface area (Å²) in [6, 6.07) is 9.96. The van der Waals surface area contributed by atoms with Crippen molar-refractivity contribution in [1.82, 2.24) is 4.90 Å². The summed E-state index contributed by atoms with van der Waals surface area (Å²) in [4.78, 5) is 27.8. The Hall–Kier alpha value is -3.58. The van der Waals surface area contributed by atoms with Crippen LogP contribution in [0.4, 0.5) is 5.69 Å². The molecule has 1 fully saturated rings. The molecule has 184 valence electrons. The summed E-state index contributed by atoms with van der Waals surface area (Å²) < 4.78 is 11.6. The molecule has 1 aromatic heterocycles. The first kappa shape index (κ1) is 24.5. The van der Waals surface area contributed by atoms with E-state index in [-0.39, 0.29) is 11.4 Å². The molecule has 0 bridgehead atoms. The Kier molecular flexibility index (Phi) is 7.26. The topological polar surface area (TPSA) is 92.0 Å². The number of hydrogen-bond acceptors (Lipinski definition) is 6. The van der Waals surface area contributed by atoms with E-state index in [9.17, 15) is 14.7 Å². The number of carbonyl (C=O) groups is 1. The number of ether oxygens (including phenoxy) is 1. The van der Waals surface area contributed by atoms with Gasteiger partial charge < -0.3 is 24.5 Å². The smallest absolute Gasteiger partial charge is 0.360 e. The van der Waals surface area contributed by atoms with E-state index >= 15 is 0 Å². The molecule has 1 atom stereocenters. The van der Waals surface area contributed by atoms with Crippen LogP contribution < -0.4 is 15.7 Å². The highest BCUT2D eigenvalue weighted by Gasteiger charge is 2.21. The molecular formula is C28H32N2O5. The predicted molar refractivity (Wildman–Crippen MR) is 138 cm³/mol. The predicted octanol–water partition coefficient (Wildman–Crippen LogP) is 4.90. The van der Waals surface area contributed by atoms with Crippen molar-refractivity contribution in [2.45, 2.75) is 33.6 Å². The minimum atomic E-state index is -0.632. The number of phenolic OH excluding ortho intramolecular Hbond substituents is 1. The van der Waals surface area contributed by atoms with Crippen LogP contribution in [-0.4, -0.2) is 42.7 Å². The summed E-state index contributed by atoms with van der Waals surface area (Å²) in [5.74, 6) is 0.855. The van der Waals surface area contributed by atoms with Crippen LogP contribution in [0.25, 0.3) is 11.0 Å². The average Bonchev–Trinajstić information content (AvgIpc) is 3.24. The normalized spacial score (nSPS) is 15.8. The van der Waals surface area contributed by atoms with Crippen molar-refractivity contribution in [1.29, 1.82) is 0 Å². The standard InChI is InChI=1S/C28H32N2O5/c1-17(2)5-6-20-13-22(7-9-24(20)31)27(32)29-23-14-21-8-10-25(18(3)26(21)35-28(23)33)34-16-19-11-12-30(4)15-19/h5,7-10,13-14,19,31H,6,11-12,15-16H2,1-4H3,(H,29,32). The summed E-state index contributed by atoms with van der Waals surface area (Å²) in [6.45, 7) is 8.52. The molecule has 0 saturated carbocycles. The number of aromatic hydroxyl groups is 1. The molecule has 2 N–H and O–H groups in total. The van der Waals surface area contributed by atoms with Gasteiger partial charge in [-0.1, -0.05) is 11.6 Å². The van der Waals surface area contributed by atoms with Crippen molar-refractivity contribution in [2.24, 2.45) is 5.92 Å². The number of hydrogen-bond donors (Lipinski definition) is 2. The van der Waals surface area contributed by atoms with Gasteiger partial charge in [0.1, 0.15) is 22.8 Å². The molecule has 2 aromatic carbocycles. The fourth-order valence-electron chi connectivity index (χ4n) is 4.32. The Balaban J connectivity index is 1.52. The number of benzene rings is 2. The molecule has 0 spiro atoms. The van der Waals surface area contributed by atoms with Crippen LogP contribution in [0.3, 0.4) is 0 Å². The molecule has 7 nitrogen and oxygen atoms in total. The number of allylic oxidation sites excluding steroid dienone is 2. The number of phenols is 1. The van der Waals surface area contributed by atoms with Gasteiger partial charge in [-0.25, -0.2) is 4.79 Å². The van der Waals surface area contributed by atoms with Crippen LogP contribution in [-0.2, 0) is 6.42 Å². The Morgan fingerprint density at radius 1 is 1.26 bits per heavy atom. The Labute approximate surface area is 205 Å². The van der Waals surface area contributed by atoms with Crippen molar-refractivity contribution in [3.63, 3.8) is 0 Å². The lowest BCUT2D eigenvalue weighted by atomic mass is 10.0. The molecule has 2 heterocycles.